The lowest BCUT2D eigenvalue weighted by molar-refractivity contribution is -0.124. The fourth-order valence-electron chi connectivity index (χ4n) is 1.65. The van der Waals surface area contributed by atoms with Gasteiger partial charge in [0.05, 0.1) is 18.7 Å². The summed E-state index contributed by atoms with van der Waals surface area (Å²) in [6.45, 7) is 2.90. The molecule has 0 unspecified atom stereocenters. The van der Waals surface area contributed by atoms with Crippen molar-refractivity contribution in [2.75, 3.05) is 13.2 Å². The molecule has 4 heteroatoms. The molecule has 0 saturated carbocycles. The van der Waals surface area contributed by atoms with E-state index >= 15 is 0 Å². The Labute approximate surface area is 85.1 Å². The molecule has 0 aliphatic carbocycles. The van der Waals surface area contributed by atoms with Gasteiger partial charge in [0.2, 0.25) is 5.91 Å². The van der Waals surface area contributed by atoms with Crippen molar-refractivity contribution in [1.29, 1.82) is 0 Å². The summed E-state index contributed by atoms with van der Waals surface area (Å²) < 4.78 is 0. The van der Waals surface area contributed by atoms with Gasteiger partial charge in [-0.15, -0.1) is 0 Å². The summed E-state index contributed by atoms with van der Waals surface area (Å²) in [5, 5.41) is 15.0. The van der Waals surface area contributed by atoms with Gasteiger partial charge < -0.3 is 15.7 Å². The summed E-state index contributed by atoms with van der Waals surface area (Å²) in [6.07, 6.45) is 3.95. The van der Waals surface area contributed by atoms with Crippen LogP contribution < -0.4 is 10.6 Å². The molecule has 0 radical (unpaired) electrons. The van der Waals surface area contributed by atoms with Gasteiger partial charge in [-0.25, -0.2) is 0 Å². The van der Waals surface area contributed by atoms with Gasteiger partial charge in [-0.2, -0.15) is 0 Å². The molecule has 2 atom stereocenters. The standard InChI is InChI=1S/C10H20N2O2/c1-2-8(7-13)12-10(14)9-5-3-4-6-11-9/h8-9,11,13H,2-7H2,1H3,(H,12,14)/t8-,9-/m0/s1. The van der Waals surface area contributed by atoms with E-state index in [1.807, 2.05) is 6.92 Å². The molecule has 1 aliphatic heterocycles. The number of aliphatic hydroxyl groups excluding tert-OH is 1. The third-order valence-electron chi connectivity index (χ3n) is 2.69. The smallest absolute Gasteiger partial charge is 0.237 e. The van der Waals surface area contributed by atoms with Gasteiger partial charge in [0.25, 0.3) is 0 Å². The van der Waals surface area contributed by atoms with Crippen LogP contribution in [0, 0.1) is 0 Å². The van der Waals surface area contributed by atoms with Crippen molar-refractivity contribution in [3.63, 3.8) is 0 Å². The van der Waals surface area contributed by atoms with Crippen molar-refractivity contribution in [2.24, 2.45) is 0 Å². The number of nitrogens with one attached hydrogen (secondary N) is 2. The van der Waals surface area contributed by atoms with Crippen LogP contribution in [0.15, 0.2) is 0 Å². The highest BCUT2D eigenvalue weighted by Gasteiger charge is 2.21. The SMILES string of the molecule is CC[C@@H](CO)NC(=O)[C@@H]1CCCCN1. The minimum atomic E-state index is -0.0915. The molecule has 0 aromatic carbocycles. The molecule has 82 valence electrons. The van der Waals surface area contributed by atoms with E-state index in [1.165, 1.54) is 0 Å². The molecule has 3 N–H and O–H groups in total. The van der Waals surface area contributed by atoms with Crippen LogP contribution in [0.3, 0.4) is 0 Å². The molecule has 14 heavy (non-hydrogen) atoms. The van der Waals surface area contributed by atoms with Crippen molar-refractivity contribution in [2.45, 2.75) is 44.7 Å². The third-order valence-corrected chi connectivity index (χ3v) is 2.69. The summed E-state index contributed by atoms with van der Waals surface area (Å²) >= 11 is 0. The first kappa shape index (κ1) is 11.5. The molecule has 0 spiro atoms. The molecule has 0 bridgehead atoms. The number of piperidine rings is 1. The molecule has 1 rings (SSSR count). The quantitative estimate of drug-likeness (QED) is 0.599. The van der Waals surface area contributed by atoms with Crippen LogP contribution >= 0.6 is 0 Å². The van der Waals surface area contributed by atoms with Gasteiger partial charge in [0, 0.05) is 0 Å². The zero-order chi connectivity index (χ0) is 10.4. The molecule has 0 aromatic heterocycles. The lowest BCUT2D eigenvalue weighted by Gasteiger charge is -2.24. The molecule has 1 saturated heterocycles. The van der Waals surface area contributed by atoms with Crippen LogP contribution in [0.5, 0.6) is 0 Å². The van der Waals surface area contributed by atoms with Gasteiger partial charge in [0.1, 0.15) is 0 Å². The topological polar surface area (TPSA) is 61.4 Å². The van der Waals surface area contributed by atoms with Crippen LogP contribution in [0.4, 0.5) is 0 Å². The Kier molecular flexibility index (Phi) is 4.90. The summed E-state index contributed by atoms with van der Waals surface area (Å²) in [5.41, 5.74) is 0. The lowest BCUT2D eigenvalue weighted by Crippen LogP contribution is -2.50. The third kappa shape index (κ3) is 3.27. The summed E-state index contributed by atoms with van der Waals surface area (Å²) in [5.74, 6) is 0.0330. The van der Waals surface area contributed by atoms with Gasteiger partial charge in [-0.1, -0.05) is 13.3 Å². The Morgan fingerprint density at radius 1 is 1.64 bits per heavy atom. The second kappa shape index (κ2) is 5.98. The normalized spacial score (nSPS) is 24.3. The molecule has 0 aromatic rings. The molecule has 1 aliphatic rings. The first-order chi connectivity index (χ1) is 6.77. The highest BCUT2D eigenvalue weighted by atomic mass is 16.3. The minimum absolute atomic E-state index is 0.0228. The summed E-state index contributed by atoms with van der Waals surface area (Å²) in [4.78, 5) is 11.6. The van der Waals surface area contributed by atoms with Crippen molar-refractivity contribution in [3.8, 4) is 0 Å². The monoisotopic (exact) mass is 200 g/mol. The molecule has 1 fully saturated rings. The predicted octanol–water partition coefficient (Wildman–Crippen LogP) is 0.0156. The molecule has 1 amide bonds. The maximum absolute atomic E-state index is 11.6. The summed E-state index contributed by atoms with van der Waals surface area (Å²) in [7, 11) is 0. The number of rotatable bonds is 4. The summed E-state index contributed by atoms with van der Waals surface area (Å²) in [6, 6.07) is -0.143. The predicted molar refractivity (Wildman–Crippen MR) is 54.9 cm³/mol. The number of amides is 1. The van der Waals surface area contributed by atoms with Gasteiger partial charge >= 0.3 is 0 Å². The Balaban J connectivity index is 2.32. The van der Waals surface area contributed by atoms with Crippen LogP contribution in [0.1, 0.15) is 32.6 Å². The number of hydrogen-bond donors (Lipinski definition) is 3. The molecular weight excluding hydrogens is 180 g/mol. The maximum Gasteiger partial charge on any atom is 0.237 e. The van der Waals surface area contributed by atoms with Crippen LogP contribution in [-0.4, -0.2) is 36.2 Å². The first-order valence-electron chi connectivity index (χ1n) is 5.42. The number of hydrogen-bond acceptors (Lipinski definition) is 3. The van der Waals surface area contributed by atoms with Crippen molar-refractivity contribution < 1.29 is 9.90 Å². The van der Waals surface area contributed by atoms with Gasteiger partial charge in [0.15, 0.2) is 0 Å². The van der Waals surface area contributed by atoms with E-state index in [4.69, 9.17) is 5.11 Å². The second-order valence-electron chi connectivity index (χ2n) is 3.80. The number of aliphatic hydroxyl groups is 1. The van der Waals surface area contributed by atoms with E-state index < -0.39 is 0 Å². The minimum Gasteiger partial charge on any atom is -0.394 e. The highest BCUT2D eigenvalue weighted by molar-refractivity contribution is 5.82. The van der Waals surface area contributed by atoms with Crippen LogP contribution in [0.25, 0.3) is 0 Å². The highest BCUT2D eigenvalue weighted by Crippen LogP contribution is 2.07. The van der Waals surface area contributed by atoms with E-state index in [0.717, 1.165) is 32.2 Å². The second-order valence-corrected chi connectivity index (χ2v) is 3.80. The van der Waals surface area contributed by atoms with E-state index in [1.54, 1.807) is 0 Å². The average Bonchev–Trinajstić information content (AvgIpc) is 2.26. The van der Waals surface area contributed by atoms with Gasteiger partial charge in [-0.05, 0) is 25.8 Å². The Bertz CT molecular complexity index is 175. The maximum atomic E-state index is 11.6. The van der Waals surface area contributed by atoms with Crippen molar-refractivity contribution in [1.82, 2.24) is 10.6 Å². The fraction of sp³-hybridized carbons (Fsp3) is 0.900. The van der Waals surface area contributed by atoms with E-state index in [0.29, 0.717) is 0 Å². The number of carbonyl (C=O) groups excluding carboxylic acids is 1. The fourth-order valence-corrected chi connectivity index (χ4v) is 1.65. The molecule has 1 heterocycles. The van der Waals surface area contributed by atoms with E-state index in [-0.39, 0.29) is 24.6 Å². The van der Waals surface area contributed by atoms with Gasteiger partial charge in [-0.3, -0.25) is 4.79 Å². The Morgan fingerprint density at radius 2 is 2.43 bits per heavy atom. The Morgan fingerprint density at radius 3 is 2.93 bits per heavy atom. The Hall–Kier alpha value is -0.610. The van der Waals surface area contributed by atoms with E-state index in [2.05, 4.69) is 10.6 Å². The van der Waals surface area contributed by atoms with Crippen molar-refractivity contribution >= 4 is 5.91 Å². The van der Waals surface area contributed by atoms with E-state index in [9.17, 15) is 4.79 Å². The zero-order valence-corrected chi connectivity index (χ0v) is 8.75. The zero-order valence-electron chi connectivity index (χ0n) is 8.75. The number of carbonyl (C=O) groups is 1. The van der Waals surface area contributed by atoms with Crippen molar-refractivity contribution in [3.05, 3.63) is 0 Å². The first-order valence-corrected chi connectivity index (χ1v) is 5.42. The van der Waals surface area contributed by atoms with Crippen LogP contribution in [0.2, 0.25) is 0 Å². The average molecular weight is 200 g/mol. The lowest BCUT2D eigenvalue weighted by atomic mass is 10.0. The molecule has 4 nitrogen and oxygen atoms in total. The van der Waals surface area contributed by atoms with Crippen LogP contribution in [-0.2, 0) is 4.79 Å². The largest absolute Gasteiger partial charge is 0.394 e. The molecular formula is C10H20N2O2.